The molecule has 0 aliphatic carbocycles. The Labute approximate surface area is 165 Å². The van der Waals surface area contributed by atoms with Gasteiger partial charge in [0.15, 0.2) is 11.5 Å². The van der Waals surface area contributed by atoms with Crippen LogP contribution in [0.1, 0.15) is 24.5 Å². The highest BCUT2D eigenvalue weighted by Crippen LogP contribution is 2.28. The average Bonchev–Trinajstić information content (AvgIpc) is 2.65. The van der Waals surface area contributed by atoms with Gasteiger partial charge in [-0.15, -0.1) is 0 Å². The van der Waals surface area contributed by atoms with Crippen molar-refractivity contribution in [3.05, 3.63) is 53.6 Å². The van der Waals surface area contributed by atoms with Crippen LogP contribution in [0, 0.1) is 6.92 Å². The maximum absolute atomic E-state index is 12.2. The summed E-state index contributed by atoms with van der Waals surface area (Å²) in [6.45, 7) is 4.24. The van der Waals surface area contributed by atoms with E-state index >= 15 is 0 Å². The van der Waals surface area contributed by atoms with Gasteiger partial charge in [0.1, 0.15) is 0 Å². The Balaban J connectivity index is 2.12. The minimum absolute atomic E-state index is 0.0262. The van der Waals surface area contributed by atoms with Crippen molar-refractivity contribution < 1.29 is 22.7 Å². The van der Waals surface area contributed by atoms with Crippen LogP contribution < -0.4 is 19.9 Å². The third-order valence-corrected chi connectivity index (χ3v) is 4.89. The zero-order valence-electron chi connectivity index (χ0n) is 16.1. The number of aryl methyl sites for hydroxylation is 1. The Morgan fingerprint density at radius 2 is 1.93 bits per heavy atom. The molecule has 150 valence electrons. The molecule has 2 rings (SSSR count). The van der Waals surface area contributed by atoms with Gasteiger partial charge < -0.3 is 14.8 Å². The van der Waals surface area contributed by atoms with Crippen LogP contribution in [0.4, 0.5) is 5.69 Å². The van der Waals surface area contributed by atoms with Crippen molar-refractivity contribution in [2.45, 2.75) is 25.2 Å². The van der Waals surface area contributed by atoms with Gasteiger partial charge in [-0.3, -0.25) is 4.79 Å². The van der Waals surface area contributed by atoms with Crippen LogP contribution >= 0.6 is 0 Å². The largest absolute Gasteiger partial charge is 0.493 e. The number of primary sulfonamides is 1. The smallest absolute Gasteiger partial charge is 0.248 e. The molecule has 0 fully saturated rings. The summed E-state index contributed by atoms with van der Waals surface area (Å²) in [6.07, 6.45) is 3.85. The zero-order chi connectivity index (χ0) is 20.7. The number of nitrogens with two attached hydrogens (primary N) is 1. The van der Waals surface area contributed by atoms with Crippen LogP contribution in [0.25, 0.3) is 6.08 Å². The fourth-order valence-corrected chi connectivity index (χ4v) is 3.27. The standard InChI is InChI=1S/C20H24N2O5S/c1-4-11-27-17-9-6-15(12-18(17)26-3)7-10-20(23)22-16-8-5-14(2)19(13-16)28(21,24)25/h5-10,12-13H,4,11H2,1-3H3,(H,22,23)(H2,21,24,25)/b10-7+. The van der Waals surface area contributed by atoms with Gasteiger partial charge in [0.2, 0.25) is 15.9 Å². The molecular formula is C20H24N2O5S. The van der Waals surface area contributed by atoms with Gasteiger partial charge in [0, 0.05) is 11.8 Å². The van der Waals surface area contributed by atoms with E-state index in [0.29, 0.717) is 29.4 Å². The summed E-state index contributed by atoms with van der Waals surface area (Å²) in [5.74, 6) is 0.808. The van der Waals surface area contributed by atoms with Crippen LogP contribution in [0.15, 0.2) is 47.4 Å². The molecule has 0 saturated heterocycles. The monoisotopic (exact) mass is 404 g/mol. The van der Waals surface area contributed by atoms with E-state index in [1.807, 2.05) is 13.0 Å². The number of carbonyl (C=O) groups is 1. The van der Waals surface area contributed by atoms with Gasteiger partial charge in [-0.05, 0) is 54.8 Å². The topological polar surface area (TPSA) is 108 Å². The lowest BCUT2D eigenvalue weighted by molar-refractivity contribution is -0.111. The molecule has 0 spiro atoms. The molecule has 7 nitrogen and oxygen atoms in total. The molecule has 2 aromatic rings. The molecule has 0 atom stereocenters. The van der Waals surface area contributed by atoms with Crippen LogP contribution in [0.3, 0.4) is 0 Å². The maximum atomic E-state index is 12.2. The van der Waals surface area contributed by atoms with Crippen molar-refractivity contribution in [3.8, 4) is 11.5 Å². The molecule has 8 heteroatoms. The van der Waals surface area contributed by atoms with Gasteiger partial charge in [-0.1, -0.05) is 19.1 Å². The first kappa shape index (κ1) is 21.5. The Morgan fingerprint density at radius 3 is 2.57 bits per heavy atom. The molecule has 0 aliphatic rings. The molecule has 2 aromatic carbocycles. The normalized spacial score (nSPS) is 11.4. The number of nitrogens with one attached hydrogen (secondary N) is 1. The van der Waals surface area contributed by atoms with Crippen LogP contribution in [0.2, 0.25) is 0 Å². The molecule has 0 bridgehead atoms. The molecule has 0 aliphatic heterocycles. The van der Waals surface area contributed by atoms with Crippen LogP contribution in [-0.2, 0) is 14.8 Å². The molecule has 0 aromatic heterocycles. The molecular weight excluding hydrogens is 380 g/mol. The van der Waals surface area contributed by atoms with Crippen molar-refractivity contribution in [1.29, 1.82) is 0 Å². The summed E-state index contributed by atoms with van der Waals surface area (Å²) in [7, 11) is -2.31. The fraction of sp³-hybridized carbons (Fsp3) is 0.250. The predicted molar refractivity (Wildman–Crippen MR) is 109 cm³/mol. The van der Waals surface area contributed by atoms with Crippen molar-refractivity contribution in [3.63, 3.8) is 0 Å². The van der Waals surface area contributed by atoms with Crippen molar-refractivity contribution in [1.82, 2.24) is 0 Å². The third-order valence-electron chi connectivity index (χ3n) is 3.84. The number of benzene rings is 2. The van der Waals surface area contributed by atoms with E-state index in [0.717, 1.165) is 12.0 Å². The van der Waals surface area contributed by atoms with E-state index in [4.69, 9.17) is 14.6 Å². The zero-order valence-corrected chi connectivity index (χ0v) is 16.9. The number of carbonyl (C=O) groups excluding carboxylic acids is 1. The summed E-state index contributed by atoms with van der Waals surface area (Å²) in [5.41, 5.74) is 1.60. The fourth-order valence-electron chi connectivity index (χ4n) is 2.46. The third kappa shape index (κ3) is 5.83. The number of hydrogen-bond acceptors (Lipinski definition) is 5. The van der Waals surface area contributed by atoms with Gasteiger partial charge in [-0.25, -0.2) is 13.6 Å². The lowest BCUT2D eigenvalue weighted by Gasteiger charge is -2.10. The quantitative estimate of drug-likeness (QED) is 0.658. The molecule has 1 amide bonds. The number of methoxy groups -OCH3 is 1. The summed E-state index contributed by atoms with van der Waals surface area (Å²) < 4.78 is 34.1. The second kappa shape index (κ2) is 9.38. The van der Waals surface area contributed by atoms with E-state index < -0.39 is 15.9 Å². The number of ether oxygens (including phenoxy) is 2. The number of amides is 1. The Hall–Kier alpha value is -2.84. The first-order valence-electron chi connectivity index (χ1n) is 8.68. The highest BCUT2D eigenvalue weighted by molar-refractivity contribution is 7.89. The number of anilines is 1. The first-order chi connectivity index (χ1) is 13.2. The molecule has 0 saturated carbocycles. The van der Waals surface area contributed by atoms with E-state index in [1.54, 1.807) is 44.4 Å². The van der Waals surface area contributed by atoms with Gasteiger partial charge in [-0.2, -0.15) is 0 Å². The molecule has 0 radical (unpaired) electrons. The summed E-state index contributed by atoms with van der Waals surface area (Å²) in [5, 5.41) is 7.80. The summed E-state index contributed by atoms with van der Waals surface area (Å²) in [6, 6.07) is 9.88. The van der Waals surface area contributed by atoms with E-state index in [2.05, 4.69) is 5.32 Å². The number of rotatable bonds is 8. The highest BCUT2D eigenvalue weighted by Gasteiger charge is 2.12. The maximum Gasteiger partial charge on any atom is 0.248 e. The Morgan fingerprint density at radius 1 is 1.18 bits per heavy atom. The number of sulfonamides is 1. The lowest BCUT2D eigenvalue weighted by atomic mass is 10.2. The van der Waals surface area contributed by atoms with Crippen LogP contribution in [-0.4, -0.2) is 28.0 Å². The summed E-state index contributed by atoms with van der Waals surface area (Å²) >= 11 is 0. The molecule has 3 N–H and O–H groups in total. The Bertz CT molecular complexity index is 984. The molecule has 0 heterocycles. The predicted octanol–water partition coefficient (Wildman–Crippen LogP) is 3.09. The van der Waals surface area contributed by atoms with Gasteiger partial charge in [0.25, 0.3) is 0 Å². The minimum Gasteiger partial charge on any atom is -0.493 e. The summed E-state index contributed by atoms with van der Waals surface area (Å²) in [4.78, 5) is 12.1. The van der Waals surface area contributed by atoms with Gasteiger partial charge >= 0.3 is 0 Å². The Kier molecular flexibility index (Phi) is 7.19. The second-order valence-corrected chi connectivity index (χ2v) is 7.64. The van der Waals surface area contributed by atoms with E-state index in [-0.39, 0.29) is 4.90 Å². The van der Waals surface area contributed by atoms with E-state index in [9.17, 15) is 13.2 Å². The average molecular weight is 404 g/mol. The SMILES string of the molecule is CCCOc1ccc(/C=C/C(=O)Nc2ccc(C)c(S(N)(=O)=O)c2)cc1OC. The van der Waals surface area contributed by atoms with Crippen molar-refractivity contribution in [2.24, 2.45) is 5.14 Å². The van der Waals surface area contributed by atoms with Crippen molar-refractivity contribution in [2.75, 3.05) is 19.0 Å². The highest BCUT2D eigenvalue weighted by atomic mass is 32.2. The van der Waals surface area contributed by atoms with E-state index in [1.165, 1.54) is 12.1 Å². The van der Waals surface area contributed by atoms with Crippen LogP contribution in [0.5, 0.6) is 11.5 Å². The first-order valence-corrected chi connectivity index (χ1v) is 10.2. The molecule has 0 unspecified atom stereocenters. The minimum atomic E-state index is -3.86. The number of hydrogen-bond donors (Lipinski definition) is 2. The second-order valence-electron chi connectivity index (χ2n) is 6.11. The van der Waals surface area contributed by atoms with Gasteiger partial charge in [0.05, 0.1) is 18.6 Å². The van der Waals surface area contributed by atoms with Crippen molar-refractivity contribution >= 4 is 27.7 Å². The lowest BCUT2D eigenvalue weighted by Crippen LogP contribution is -2.15. The molecule has 28 heavy (non-hydrogen) atoms.